The molecule has 0 heterocycles. The van der Waals surface area contributed by atoms with E-state index in [1.807, 2.05) is 48.5 Å². The van der Waals surface area contributed by atoms with Gasteiger partial charge in [0.25, 0.3) is 0 Å². The van der Waals surface area contributed by atoms with E-state index in [-0.39, 0.29) is 17.7 Å². The van der Waals surface area contributed by atoms with Crippen LogP contribution in [0.15, 0.2) is 109 Å². The van der Waals surface area contributed by atoms with E-state index < -0.39 is 5.54 Å². The van der Waals surface area contributed by atoms with Gasteiger partial charge in [-0.15, -0.1) is 0 Å². The Labute approximate surface area is 218 Å². The van der Waals surface area contributed by atoms with Gasteiger partial charge in [-0.2, -0.15) is 0 Å². The van der Waals surface area contributed by atoms with Crippen molar-refractivity contribution >= 4 is 11.7 Å². The molecule has 0 aromatic heterocycles. The molecule has 5 nitrogen and oxygen atoms in total. The molecule has 0 spiro atoms. The standard InChI is InChI=1S/C32H32N4O/c33-30(34)26-17-15-23(16-18-26)21-35-31(37)32(19-27-13-7-8-14-28(27)20-32)36-22-29(24-9-3-1-4-10-24)25-11-5-2-6-12-25/h1-18,29,36H,19-22H2,(H3,33,34)(H,35,37). The fourth-order valence-corrected chi connectivity index (χ4v) is 5.23. The molecule has 0 saturated carbocycles. The van der Waals surface area contributed by atoms with E-state index in [4.69, 9.17) is 11.1 Å². The maximum absolute atomic E-state index is 13.8. The fraction of sp³-hybridized carbons (Fsp3) is 0.188. The molecule has 5 N–H and O–H groups in total. The number of rotatable bonds is 9. The third-order valence-electron chi connectivity index (χ3n) is 7.30. The van der Waals surface area contributed by atoms with Crippen molar-refractivity contribution in [2.75, 3.05) is 6.54 Å². The number of benzene rings is 4. The Bertz CT molecular complexity index is 1300. The van der Waals surface area contributed by atoms with Crippen molar-refractivity contribution in [2.24, 2.45) is 5.73 Å². The Kier molecular flexibility index (Phi) is 7.15. The van der Waals surface area contributed by atoms with Crippen LogP contribution in [0.5, 0.6) is 0 Å². The number of carbonyl (C=O) groups excluding carboxylic acids is 1. The Morgan fingerprint density at radius 2 is 1.30 bits per heavy atom. The lowest BCUT2D eigenvalue weighted by atomic mass is 9.88. The van der Waals surface area contributed by atoms with Gasteiger partial charge < -0.3 is 16.4 Å². The van der Waals surface area contributed by atoms with Gasteiger partial charge in [0.05, 0.1) is 0 Å². The van der Waals surface area contributed by atoms with E-state index in [0.29, 0.717) is 31.5 Å². The minimum Gasteiger partial charge on any atom is -0.384 e. The van der Waals surface area contributed by atoms with Crippen LogP contribution in [0.2, 0.25) is 0 Å². The molecule has 0 saturated heterocycles. The van der Waals surface area contributed by atoms with Crippen LogP contribution in [-0.2, 0) is 24.2 Å². The smallest absolute Gasteiger partial charge is 0.241 e. The van der Waals surface area contributed by atoms with Crippen molar-refractivity contribution in [1.29, 1.82) is 5.41 Å². The van der Waals surface area contributed by atoms with E-state index in [0.717, 1.165) is 5.56 Å². The second-order valence-corrected chi connectivity index (χ2v) is 9.75. The molecule has 4 aromatic carbocycles. The first-order valence-electron chi connectivity index (χ1n) is 12.7. The molecule has 4 aromatic rings. The van der Waals surface area contributed by atoms with E-state index in [1.165, 1.54) is 22.3 Å². The number of amides is 1. The number of carbonyl (C=O) groups is 1. The summed E-state index contributed by atoms with van der Waals surface area (Å²) in [6.45, 7) is 1.06. The summed E-state index contributed by atoms with van der Waals surface area (Å²) in [5.74, 6) is 0.156. The summed E-state index contributed by atoms with van der Waals surface area (Å²) < 4.78 is 0. The average molecular weight is 489 g/mol. The van der Waals surface area contributed by atoms with Crippen LogP contribution < -0.4 is 16.4 Å². The predicted octanol–water partition coefficient (Wildman–Crippen LogP) is 4.55. The summed E-state index contributed by atoms with van der Waals surface area (Å²) in [7, 11) is 0. The summed E-state index contributed by atoms with van der Waals surface area (Å²) in [5, 5.41) is 14.5. The first-order chi connectivity index (χ1) is 18.0. The van der Waals surface area contributed by atoms with E-state index in [1.54, 1.807) is 0 Å². The predicted molar refractivity (Wildman–Crippen MR) is 149 cm³/mol. The molecule has 0 unspecified atom stereocenters. The van der Waals surface area contributed by atoms with Gasteiger partial charge >= 0.3 is 0 Å². The molecule has 0 radical (unpaired) electrons. The van der Waals surface area contributed by atoms with Crippen LogP contribution in [0.1, 0.15) is 39.3 Å². The molecule has 1 amide bonds. The summed E-state index contributed by atoms with van der Waals surface area (Å²) >= 11 is 0. The minimum absolute atomic E-state index is 0.000724. The Morgan fingerprint density at radius 3 is 1.81 bits per heavy atom. The highest BCUT2D eigenvalue weighted by molar-refractivity contribution is 5.95. The van der Waals surface area contributed by atoms with Crippen LogP contribution in [-0.4, -0.2) is 23.8 Å². The molecule has 5 rings (SSSR count). The van der Waals surface area contributed by atoms with Crippen LogP contribution in [0.3, 0.4) is 0 Å². The molecule has 1 aliphatic rings. The van der Waals surface area contributed by atoms with Crippen molar-refractivity contribution in [3.05, 3.63) is 143 Å². The first kappa shape index (κ1) is 24.5. The zero-order valence-corrected chi connectivity index (χ0v) is 20.8. The second-order valence-electron chi connectivity index (χ2n) is 9.75. The van der Waals surface area contributed by atoms with Crippen molar-refractivity contribution in [3.8, 4) is 0 Å². The summed E-state index contributed by atoms with van der Waals surface area (Å²) in [5.41, 5.74) is 11.4. The van der Waals surface area contributed by atoms with Crippen molar-refractivity contribution in [2.45, 2.75) is 30.8 Å². The number of fused-ring (bicyclic) bond motifs is 1. The third-order valence-corrected chi connectivity index (χ3v) is 7.30. The number of hydrogen-bond donors (Lipinski definition) is 4. The average Bonchev–Trinajstić information content (AvgIpc) is 3.33. The zero-order valence-electron chi connectivity index (χ0n) is 20.8. The quantitative estimate of drug-likeness (QED) is 0.206. The molecular formula is C32H32N4O. The highest BCUT2D eigenvalue weighted by Crippen LogP contribution is 2.32. The van der Waals surface area contributed by atoms with Crippen LogP contribution >= 0.6 is 0 Å². The van der Waals surface area contributed by atoms with Crippen LogP contribution in [0.25, 0.3) is 0 Å². The molecule has 0 atom stereocenters. The Hall–Kier alpha value is -4.22. The molecule has 186 valence electrons. The van der Waals surface area contributed by atoms with Gasteiger partial charge in [-0.05, 0) is 27.8 Å². The van der Waals surface area contributed by atoms with Gasteiger partial charge in [0.15, 0.2) is 0 Å². The highest BCUT2D eigenvalue weighted by Gasteiger charge is 2.43. The largest absolute Gasteiger partial charge is 0.384 e. The zero-order chi connectivity index (χ0) is 25.7. The first-order valence-corrected chi connectivity index (χ1v) is 12.7. The van der Waals surface area contributed by atoms with E-state index in [2.05, 4.69) is 71.3 Å². The molecule has 0 fully saturated rings. The lowest BCUT2D eigenvalue weighted by molar-refractivity contribution is -0.127. The molecule has 1 aliphatic carbocycles. The van der Waals surface area contributed by atoms with Gasteiger partial charge in [0, 0.05) is 37.4 Å². The maximum Gasteiger partial charge on any atom is 0.241 e. The number of nitrogens with one attached hydrogen (secondary N) is 3. The van der Waals surface area contributed by atoms with Gasteiger partial charge in [-0.3, -0.25) is 10.2 Å². The molecular weight excluding hydrogens is 456 g/mol. The number of nitrogen functional groups attached to an aromatic ring is 1. The number of nitrogens with two attached hydrogens (primary N) is 1. The van der Waals surface area contributed by atoms with Crippen molar-refractivity contribution < 1.29 is 4.79 Å². The normalized spacial score (nSPS) is 13.8. The lowest BCUT2D eigenvalue weighted by Crippen LogP contribution is -2.58. The van der Waals surface area contributed by atoms with Gasteiger partial charge in [-0.1, -0.05) is 109 Å². The fourth-order valence-electron chi connectivity index (χ4n) is 5.23. The van der Waals surface area contributed by atoms with Gasteiger partial charge in [0.1, 0.15) is 11.4 Å². The van der Waals surface area contributed by atoms with E-state index >= 15 is 0 Å². The highest BCUT2D eigenvalue weighted by atomic mass is 16.2. The SMILES string of the molecule is N=C(N)c1ccc(CNC(=O)C2(NCC(c3ccccc3)c3ccccc3)Cc3ccccc3C2)cc1. The van der Waals surface area contributed by atoms with Gasteiger partial charge in [-0.25, -0.2) is 0 Å². The minimum atomic E-state index is -0.731. The van der Waals surface area contributed by atoms with Crippen molar-refractivity contribution in [1.82, 2.24) is 10.6 Å². The maximum atomic E-state index is 13.8. The number of hydrogen-bond acceptors (Lipinski definition) is 3. The summed E-state index contributed by atoms with van der Waals surface area (Å²) in [6.07, 6.45) is 1.29. The molecule has 5 heteroatoms. The van der Waals surface area contributed by atoms with Gasteiger partial charge in [0.2, 0.25) is 5.91 Å². The Morgan fingerprint density at radius 1 is 0.784 bits per heavy atom. The monoisotopic (exact) mass is 488 g/mol. The second kappa shape index (κ2) is 10.8. The number of amidine groups is 1. The lowest BCUT2D eigenvalue weighted by Gasteiger charge is -2.32. The molecule has 0 bridgehead atoms. The molecule has 37 heavy (non-hydrogen) atoms. The third kappa shape index (κ3) is 5.47. The Balaban J connectivity index is 1.38. The van der Waals surface area contributed by atoms with Crippen LogP contribution in [0, 0.1) is 5.41 Å². The summed E-state index contributed by atoms with van der Waals surface area (Å²) in [4.78, 5) is 13.8. The van der Waals surface area contributed by atoms with Crippen LogP contribution in [0.4, 0.5) is 0 Å². The van der Waals surface area contributed by atoms with E-state index in [9.17, 15) is 4.79 Å². The molecule has 0 aliphatic heterocycles. The van der Waals surface area contributed by atoms with Crippen molar-refractivity contribution in [3.63, 3.8) is 0 Å². The topological polar surface area (TPSA) is 91.0 Å². The summed E-state index contributed by atoms with van der Waals surface area (Å²) in [6, 6.07) is 36.7.